The van der Waals surface area contributed by atoms with Crippen molar-refractivity contribution in [1.29, 1.82) is 0 Å². The summed E-state index contributed by atoms with van der Waals surface area (Å²) < 4.78 is 5.96. The number of fused-ring (bicyclic) bond motifs is 1. The molecule has 22 heavy (non-hydrogen) atoms. The monoisotopic (exact) mass is 295 g/mol. The average Bonchev–Trinajstić information content (AvgIpc) is 2.49. The lowest BCUT2D eigenvalue weighted by Crippen LogP contribution is -2.52. The van der Waals surface area contributed by atoms with Crippen LogP contribution < -0.4 is 4.74 Å². The molecule has 0 unspecified atom stereocenters. The van der Waals surface area contributed by atoms with Crippen molar-refractivity contribution in [2.45, 2.75) is 24.8 Å². The van der Waals surface area contributed by atoms with Gasteiger partial charge in [0.05, 0.1) is 6.04 Å². The number of likely N-dealkylation sites (tertiary alicyclic amines) is 1. The Morgan fingerprint density at radius 2 is 1.91 bits per heavy atom. The first-order valence-corrected chi connectivity index (χ1v) is 8.05. The van der Waals surface area contributed by atoms with Crippen LogP contribution in [0.15, 0.2) is 48.5 Å². The first-order chi connectivity index (χ1) is 10.8. The van der Waals surface area contributed by atoms with Crippen LogP contribution in [0.4, 0.5) is 0 Å². The van der Waals surface area contributed by atoms with Gasteiger partial charge in [-0.05, 0) is 49.7 Å². The largest absolute Gasteiger partial charge is 0.508 e. The van der Waals surface area contributed by atoms with Gasteiger partial charge in [0.2, 0.25) is 0 Å². The fraction of sp³-hybridized carbons (Fsp3) is 0.368. The van der Waals surface area contributed by atoms with Crippen LogP contribution in [0, 0.1) is 0 Å². The molecule has 4 rings (SSSR count). The quantitative estimate of drug-likeness (QED) is 0.944. The summed E-state index contributed by atoms with van der Waals surface area (Å²) in [6.45, 7) is 3.07. The summed E-state index contributed by atoms with van der Waals surface area (Å²) >= 11 is 0. The second kappa shape index (κ2) is 5.65. The zero-order valence-corrected chi connectivity index (χ0v) is 12.6. The van der Waals surface area contributed by atoms with Crippen LogP contribution in [0.5, 0.6) is 11.5 Å². The third-order valence-corrected chi connectivity index (χ3v) is 4.93. The van der Waals surface area contributed by atoms with Crippen LogP contribution in [0.3, 0.4) is 0 Å². The molecule has 2 aromatic carbocycles. The van der Waals surface area contributed by atoms with Crippen molar-refractivity contribution in [3.63, 3.8) is 0 Å². The van der Waals surface area contributed by atoms with Crippen LogP contribution >= 0.6 is 0 Å². The molecule has 2 aromatic rings. The Labute approximate surface area is 131 Å². The van der Waals surface area contributed by atoms with E-state index in [-0.39, 0.29) is 0 Å². The van der Waals surface area contributed by atoms with Crippen molar-refractivity contribution in [2.75, 3.05) is 19.7 Å². The first kappa shape index (κ1) is 13.6. The molecule has 0 amide bonds. The highest BCUT2D eigenvalue weighted by Crippen LogP contribution is 2.40. The van der Waals surface area contributed by atoms with Gasteiger partial charge in [0, 0.05) is 11.5 Å². The lowest BCUT2D eigenvalue weighted by Gasteiger charge is -2.45. The molecule has 0 spiro atoms. The number of hydrogen-bond donors (Lipinski definition) is 1. The molecular weight excluding hydrogens is 274 g/mol. The van der Waals surface area contributed by atoms with Crippen molar-refractivity contribution in [3.05, 3.63) is 59.7 Å². The van der Waals surface area contributed by atoms with E-state index < -0.39 is 0 Å². The molecular formula is C19H21NO2. The molecule has 114 valence electrons. The van der Waals surface area contributed by atoms with Crippen LogP contribution in [0.2, 0.25) is 0 Å². The Balaban J connectivity index is 1.70. The van der Waals surface area contributed by atoms with Crippen molar-refractivity contribution >= 4 is 0 Å². The van der Waals surface area contributed by atoms with E-state index in [1.54, 1.807) is 6.07 Å². The predicted molar refractivity (Wildman–Crippen MR) is 86.5 cm³/mol. The normalized spacial score (nSPS) is 24.2. The molecule has 0 aromatic heterocycles. The van der Waals surface area contributed by atoms with E-state index in [0.29, 0.717) is 17.7 Å². The molecule has 1 saturated heterocycles. The van der Waals surface area contributed by atoms with Crippen LogP contribution in [-0.2, 0) is 6.42 Å². The zero-order chi connectivity index (χ0) is 14.9. The maximum absolute atomic E-state index is 9.90. The lowest BCUT2D eigenvalue weighted by molar-refractivity contribution is 0.0501. The Morgan fingerprint density at radius 3 is 2.64 bits per heavy atom. The van der Waals surface area contributed by atoms with Gasteiger partial charge in [-0.3, -0.25) is 4.90 Å². The van der Waals surface area contributed by atoms with Gasteiger partial charge < -0.3 is 9.84 Å². The van der Waals surface area contributed by atoms with Crippen molar-refractivity contribution in [2.24, 2.45) is 0 Å². The third kappa shape index (κ3) is 2.46. The Kier molecular flexibility index (Phi) is 3.51. The predicted octanol–water partition coefficient (Wildman–Crippen LogP) is 3.19. The molecule has 2 atom stereocenters. The van der Waals surface area contributed by atoms with Gasteiger partial charge in [0.25, 0.3) is 0 Å². The molecule has 1 fully saturated rings. The summed E-state index contributed by atoms with van der Waals surface area (Å²) in [5, 5.41) is 9.90. The van der Waals surface area contributed by atoms with Crippen molar-refractivity contribution in [1.82, 2.24) is 4.90 Å². The molecule has 1 N–H and O–H groups in total. The maximum atomic E-state index is 9.90. The highest BCUT2D eigenvalue weighted by Gasteiger charge is 2.37. The number of ether oxygens (including phenoxy) is 1. The van der Waals surface area contributed by atoms with E-state index in [9.17, 15) is 5.11 Å². The molecule has 3 nitrogen and oxygen atoms in total. The fourth-order valence-corrected chi connectivity index (χ4v) is 3.60. The van der Waals surface area contributed by atoms with Gasteiger partial charge in [-0.2, -0.15) is 0 Å². The molecule has 2 heterocycles. The van der Waals surface area contributed by atoms with E-state index in [4.69, 9.17) is 4.74 Å². The number of phenols is 1. The van der Waals surface area contributed by atoms with Gasteiger partial charge in [-0.15, -0.1) is 0 Å². The minimum atomic E-state index is 0.324. The highest BCUT2D eigenvalue weighted by atomic mass is 16.5. The van der Waals surface area contributed by atoms with Gasteiger partial charge >= 0.3 is 0 Å². The second-order valence-corrected chi connectivity index (χ2v) is 6.29. The second-order valence-electron chi connectivity index (χ2n) is 6.29. The molecule has 0 bridgehead atoms. The summed E-state index contributed by atoms with van der Waals surface area (Å²) in [6.07, 6.45) is 2.27. The molecule has 2 aliphatic rings. The number of rotatable bonds is 3. The minimum absolute atomic E-state index is 0.324. The minimum Gasteiger partial charge on any atom is -0.508 e. The van der Waals surface area contributed by atoms with Crippen molar-refractivity contribution in [3.8, 4) is 11.5 Å². The number of benzene rings is 2. The number of aromatic hydroxyl groups is 1. The standard InChI is InChI=1S/C19H21NO2/c21-15-7-8-19-17(12-15)16(11-14-5-2-1-3-6-14)18(13-22-19)20-9-4-10-20/h1-3,5-8,12,16,18,21H,4,9-11,13H2/t16-,18+/m0/s1. The van der Waals surface area contributed by atoms with E-state index in [1.807, 2.05) is 12.1 Å². The Bertz CT molecular complexity index is 652. The van der Waals surface area contributed by atoms with Gasteiger partial charge in [-0.1, -0.05) is 30.3 Å². The summed E-state index contributed by atoms with van der Waals surface area (Å²) in [5.74, 6) is 1.62. The SMILES string of the molecule is Oc1ccc2c(c1)[C@H](Cc1ccccc1)[C@H](N1CCC1)CO2. The Morgan fingerprint density at radius 1 is 1.09 bits per heavy atom. The summed E-state index contributed by atoms with van der Waals surface area (Å²) in [4.78, 5) is 2.51. The topological polar surface area (TPSA) is 32.7 Å². The smallest absolute Gasteiger partial charge is 0.123 e. The third-order valence-electron chi connectivity index (χ3n) is 4.93. The molecule has 0 aliphatic carbocycles. The lowest BCUT2D eigenvalue weighted by atomic mass is 9.82. The first-order valence-electron chi connectivity index (χ1n) is 8.05. The number of nitrogens with zero attached hydrogens (tertiary/aromatic N) is 1. The summed E-state index contributed by atoms with van der Waals surface area (Å²) in [7, 11) is 0. The van der Waals surface area contributed by atoms with E-state index >= 15 is 0 Å². The molecule has 0 saturated carbocycles. The number of phenolic OH excluding ortho intramolecular Hbond substituents is 1. The molecule has 0 radical (unpaired) electrons. The summed E-state index contributed by atoms with van der Waals surface area (Å²) in [6, 6.07) is 16.5. The van der Waals surface area contributed by atoms with E-state index in [2.05, 4.69) is 35.2 Å². The van der Waals surface area contributed by atoms with Crippen molar-refractivity contribution < 1.29 is 9.84 Å². The van der Waals surface area contributed by atoms with Gasteiger partial charge in [-0.25, -0.2) is 0 Å². The van der Waals surface area contributed by atoms with Gasteiger partial charge in [0.15, 0.2) is 0 Å². The van der Waals surface area contributed by atoms with E-state index in [1.165, 1.54) is 12.0 Å². The summed E-state index contributed by atoms with van der Waals surface area (Å²) in [5.41, 5.74) is 2.49. The van der Waals surface area contributed by atoms with Crippen LogP contribution in [0.25, 0.3) is 0 Å². The highest BCUT2D eigenvalue weighted by molar-refractivity contribution is 5.45. The average molecular weight is 295 g/mol. The van der Waals surface area contributed by atoms with Crippen LogP contribution in [0.1, 0.15) is 23.5 Å². The maximum Gasteiger partial charge on any atom is 0.123 e. The molecule has 3 heteroatoms. The van der Waals surface area contributed by atoms with Gasteiger partial charge in [0.1, 0.15) is 18.1 Å². The number of hydrogen-bond acceptors (Lipinski definition) is 3. The van der Waals surface area contributed by atoms with Crippen LogP contribution in [-0.4, -0.2) is 35.7 Å². The van der Waals surface area contributed by atoms with E-state index in [0.717, 1.165) is 37.4 Å². The zero-order valence-electron chi connectivity index (χ0n) is 12.6. The Hall–Kier alpha value is -2.00. The fourth-order valence-electron chi connectivity index (χ4n) is 3.60. The molecule has 2 aliphatic heterocycles.